The molecule has 0 aromatic carbocycles. The van der Waals surface area contributed by atoms with Gasteiger partial charge in [0.15, 0.2) is 5.82 Å². The normalized spacial score (nSPS) is 25.0. The van der Waals surface area contributed by atoms with Gasteiger partial charge in [0.25, 0.3) is 0 Å². The van der Waals surface area contributed by atoms with Crippen LogP contribution in [-0.4, -0.2) is 37.9 Å². The summed E-state index contributed by atoms with van der Waals surface area (Å²) in [5.41, 5.74) is 0.953. The van der Waals surface area contributed by atoms with Crippen LogP contribution in [0, 0.1) is 13.8 Å². The van der Waals surface area contributed by atoms with Gasteiger partial charge >= 0.3 is 0 Å². The predicted octanol–water partition coefficient (Wildman–Crippen LogP) is 1.67. The highest BCUT2D eigenvalue weighted by atomic mass is 16.5. The number of aliphatic hydroxyl groups excluding tert-OH is 1. The van der Waals surface area contributed by atoms with E-state index >= 15 is 0 Å². The number of β-amino-alcohol motifs (C(OH)–C–C–N with tert-alkyl or cyclic N) is 1. The summed E-state index contributed by atoms with van der Waals surface area (Å²) in [4.78, 5) is 15.6. The molecule has 2 aromatic rings. The lowest BCUT2D eigenvalue weighted by atomic mass is 10.2. The van der Waals surface area contributed by atoms with Crippen molar-refractivity contribution in [1.82, 2.24) is 20.1 Å². The van der Waals surface area contributed by atoms with E-state index in [2.05, 4.69) is 20.0 Å². The first-order valence-corrected chi connectivity index (χ1v) is 7.70. The van der Waals surface area contributed by atoms with Crippen LogP contribution in [0.3, 0.4) is 0 Å². The molecule has 1 N–H and O–H groups in total. The molecule has 7 nitrogen and oxygen atoms in total. The molecule has 0 amide bonds. The molecular formula is C15H19N5O2. The molecule has 22 heavy (non-hydrogen) atoms. The predicted molar refractivity (Wildman–Crippen MR) is 78.5 cm³/mol. The molecule has 0 radical (unpaired) electrons. The maximum Gasteiger partial charge on any atom is 0.249 e. The molecule has 2 aliphatic rings. The summed E-state index contributed by atoms with van der Waals surface area (Å²) < 4.78 is 5.31. The number of aryl methyl sites for hydroxylation is 2. The molecule has 0 unspecified atom stereocenters. The fourth-order valence-corrected chi connectivity index (χ4v) is 3.00. The van der Waals surface area contributed by atoms with Gasteiger partial charge in [-0.05, 0) is 26.7 Å². The minimum atomic E-state index is -0.420. The van der Waals surface area contributed by atoms with Gasteiger partial charge < -0.3 is 14.5 Å². The first-order valence-electron chi connectivity index (χ1n) is 7.70. The van der Waals surface area contributed by atoms with Gasteiger partial charge in [-0.25, -0.2) is 9.97 Å². The lowest BCUT2D eigenvalue weighted by molar-refractivity contribution is 0.191. The Labute approximate surface area is 128 Å². The molecule has 2 fully saturated rings. The van der Waals surface area contributed by atoms with Crippen LogP contribution in [0.2, 0.25) is 0 Å². The van der Waals surface area contributed by atoms with Gasteiger partial charge in [0.2, 0.25) is 5.89 Å². The van der Waals surface area contributed by atoms with Crippen molar-refractivity contribution in [2.24, 2.45) is 0 Å². The number of aliphatic hydroxyl groups is 1. The fraction of sp³-hybridized carbons (Fsp3) is 0.600. The monoisotopic (exact) mass is 301 g/mol. The molecule has 2 atom stereocenters. The number of hydrogen-bond acceptors (Lipinski definition) is 7. The maximum atomic E-state index is 10.1. The Morgan fingerprint density at radius 2 is 2.05 bits per heavy atom. The zero-order valence-electron chi connectivity index (χ0n) is 12.7. The number of nitrogens with zero attached hydrogens (tertiary/aromatic N) is 5. The van der Waals surface area contributed by atoms with E-state index in [0.29, 0.717) is 30.6 Å². The molecule has 4 rings (SSSR count). The van der Waals surface area contributed by atoms with Crippen molar-refractivity contribution in [3.63, 3.8) is 0 Å². The van der Waals surface area contributed by atoms with Crippen molar-refractivity contribution in [1.29, 1.82) is 0 Å². The summed E-state index contributed by atoms with van der Waals surface area (Å²) >= 11 is 0. The molecule has 7 heteroatoms. The summed E-state index contributed by atoms with van der Waals surface area (Å²) in [6, 6.07) is 1.83. The highest BCUT2D eigenvalue weighted by Gasteiger charge is 2.37. The number of aromatic nitrogens is 4. The van der Waals surface area contributed by atoms with E-state index in [-0.39, 0.29) is 6.04 Å². The molecule has 1 aliphatic carbocycles. The Morgan fingerprint density at radius 3 is 2.73 bits per heavy atom. The van der Waals surface area contributed by atoms with Crippen LogP contribution < -0.4 is 4.90 Å². The van der Waals surface area contributed by atoms with Gasteiger partial charge in [0.05, 0.1) is 6.10 Å². The topological polar surface area (TPSA) is 88.2 Å². The van der Waals surface area contributed by atoms with Gasteiger partial charge in [-0.1, -0.05) is 5.16 Å². The average Bonchev–Trinajstić information content (AvgIpc) is 3.13. The van der Waals surface area contributed by atoms with Crippen molar-refractivity contribution in [2.45, 2.75) is 51.2 Å². The summed E-state index contributed by atoms with van der Waals surface area (Å²) in [5.74, 6) is 3.39. The van der Waals surface area contributed by atoms with Crippen LogP contribution in [0.1, 0.15) is 54.5 Å². The molecule has 0 bridgehead atoms. The Balaban J connectivity index is 1.70. The zero-order chi connectivity index (χ0) is 15.3. The quantitative estimate of drug-likeness (QED) is 0.922. The third-order valence-corrected chi connectivity index (χ3v) is 4.20. The minimum Gasteiger partial charge on any atom is -0.391 e. The average molecular weight is 301 g/mol. The summed E-state index contributed by atoms with van der Waals surface area (Å²) in [5, 5.41) is 13.9. The fourth-order valence-electron chi connectivity index (χ4n) is 3.00. The molecular weight excluding hydrogens is 282 g/mol. The highest BCUT2D eigenvalue weighted by Crippen LogP contribution is 2.40. The Hall–Kier alpha value is -2.02. The molecule has 3 heterocycles. The largest absolute Gasteiger partial charge is 0.391 e. The molecule has 1 saturated carbocycles. The van der Waals surface area contributed by atoms with E-state index in [1.807, 2.05) is 13.0 Å². The Kier molecular flexibility index (Phi) is 3.11. The van der Waals surface area contributed by atoms with E-state index in [1.165, 1.54) is 0 Å². The molecule has 1 saturated heterocycles. The Bertz CT molecular complexity index is 697. The van der Waals surface area contributed by atoms with Crippen LogP contribution in [0.15, 0.2) is 10.6 Å². The van der Waals surface area contributed by atoms with E-state index in [0.717, 1.165) is 30.2 Å². The lowest BCUT2D eigenvalue weighted by Gasteiger charge is -2.23. The van der Waals surface area contributed by atoms with Crippen LogP contribution in [0.5, 0.6) is 0 Å². The van der Waals surface area contributed by atoms with Crippen molar-refractivity contribution in [3.05, 3.63) is 29.3 Å². The van der Waals surface area contributed by atoms with Crippen LogP contribution >= 0.6 is 0 Å². The van der Waals surface area contributed by atoms with Gasteiger partial charge in [-0.3, -0.25) is 0 Å². The highest BCUT2D eigenvalue weighted by molar-refractivity contribution is 5.44. The summed E-state index contributed by atoms with van der Waals surface area (Å²) in [7, 11) is 0. The van der Waals surface area contributed by atoms with Crippen molar-refractivity contribution >= 4 is 5.82 Å². The summed E-state index contributed by atoms with van der Waals surface area (Å²) in [6.07, 6.45) is 2.48. The van der Waals surface area contributed by atoms with Gasteiger partial charge in [-0.2, -0.15) is 4.98 Å². The van der Waals surface area contributed by atoms with Crippen molar-refractivity contribution in [3.8, 4) is 0 Å². The second-order valence-electron chi connectivity index (χ2n) is 6.24. The Morgan fingerprint density at radius 1 is 1.23 bits per heavy atom. The first-order chi connectivity index (χ1) is 10.6. The standard InChI is InChI=1S/C15H19N5O2/c1-8-5-13(18-14(16-8)10-3-4-10)20-7-11(21)6-12(20)15-17-9(2)19-22-15/h5,10-12,21H,3-4,6-7H2,1-2H3/t11-,12-/m1/s1. The second-order valence-corrected chi connectivity index (χ2v) is 6.24. The van der Waals surface area contributed by atoms with Crippen LogP contribution in [0.25, 0.3) is 0 Å². The third-order valence-electron chi connectivity index (χ3n) is 4.20. The van der Waals surface area contributed by atoms with Crippen molar-refractivity contribution < 1.29 is 9.63 Å². The number of hydrogen-bond donors (Lipinski definition) is 1. The molecule has 1 aliphatic heterocycles. The smallest absolute Gasteiger partial charge is 0.249 e. The molecule has 0 spiro atoms. The van der Waals surface area contributed by atoms with Gasteiger partial charge in [-0.15, -0.1) is 0 Å². The first kappa shape index (κ1) is 13.6. The van der Waals surface area contributed by atoms with Gasteiger partial charge in [0.1, 0.15) is 17.7 Å². The minimum absolute atomic E-state index is 0.127. The number of rotatable bonds is 3. The summed E-state index contributed by atoms with van der Waals surface area (Å²) in [6.45, 7) is 4.30. The third kappa shape index (κ3) is 2.45. The van der Waals surface area contributed by atoms with Crippen LogP contribution in [-0.2, 0) is 0 Å². The zero-order valence-corrected chi connectivity index (χ0v) is 12.7. The molecule has 2 aromatic heterocycles. The SMILES string of the molecule is Cc1cc(N2C[C@H](O)C[C@@H]2c2nc(C)no2)nc(C2CC2)n1. The molecule has 116 valence electrons. The van der Waals surface area contributed by atoms with E-state index in [1.54, 1.807) is 6.92 Å². The van der Waals surface area contributed by atoms with Crippen molar-refractivity contribution in [2.75, 3.05) is 11.4 Å². The van der Waals surface area contributed by atoms with E-state index in [9.17, 15) is 5.11 Å². The lowest BCUT2D eigenvalue weighted by Crippen LogP contribution is -2.26. The van der Waals surface area contributed by atoms with Gasteiger partial charge in [0, 0.05) is 30.6 Å². The van der Waals surface area contributed by atoms with E-state index < -0.39 is 6.10 Å². The maximum absolute atomic E-state index is 10.1. The number of anilines is 1. The second kappa shape index (κ2) is 5.01. The van der Waals surface area contributed by atoms with Crippen LogP contribution in [0.4, 0.5) is 5.82 Å². The van der Waals surface area contributed by atoms with E-state index in [4.69, 9.17) is 9.51 Å².